The van der Waals surface area contributed by atoms with Crippen LogP contribution in [-0.4, -0.2) is 59.7 Å². The van der Waals surface area contributed by atoms with Gasteiger partial charge in [-0.3, -0.25) is 9.59 Å². The van der Waals surface area contributed by atoms with Gasteiger partial charge < -0.3 is 19.1 Å². The number of alkyl halides is 3. The molecule has 1 aliphatic rings. The summed E-state index contributed by atoms with van der Waals surface area (Å²) >= 11 is 1.51. The number of amides is 1. The Balaban J connectivity index is 1.19. The lowest BCUT2D eigenvalue weighted by atomic mass is 10.1. The summed E-state index contributed by atoms with van der Waals surface area (Å²) < 4.78 is 49.0. The minimum atomic E-state index is -4.41. The first-order chi connectivity index (χ1) is 16.3. The molecule has 1 fully saturated rings. The average Bonchev–Trinajstić information content (AvgIpc) is 3.53. The molecule has 0 atom stereocenters. The van der Waals surface area contributed by atoms with Crippen molar-refractivity contribution in [1.29, 1.82) is 0 Å². The van der Waals surface area contributed by atoms with Gasteiger partial charge in [-0.25, -0.2) is 0 Å². The third-order valence-corrected chi connectivity index (χ3v) is 6.00. The Hall–Kier alpha value is -3.41. The fourth-order valence-corrected chi connectivity index (χ4v) is 4.11. The van der Waals surface area contributed by atoms with Crippen molar-refractivity contribution in [2.45, 2.75) is 19.0 Å². The van der Waals surface area contributed by atoms with Crippen molar-refractivity contribution < 1.29 is 32.0 Å². The first kappa shape index (κ1) is 23.7. The first-order valence-electron chi connectivity index (χ1n) is 10.5. The van der Waals surface area contributed by atoms with Crippen molar-refractivity contribution in [2.75, 3.05) is 37.7 Å². The van der Waals surface area contributed by atoms with E-state index in [4.69, 9.17) is 9.26 Å². The van der Waals surface area contributed by atoms with E-state index in [0.717, 1.165) is 17.7 Å². The zero-order valence-corrected chi connectivity index (χ0v) is 18.8. The van der Waals surface area contributed by atoms with E-state index in [0.29, 0.717) is 43.6 Å². The Morgan fingerprint density at radius 3 is 2.65 bits per heavy atom. The molecular formula is C22H21F3N4O4S. The Morgan fingerprint density at radius 2 is 1.94 bits per heavy atom. The summed E-state index contributed by atoms with van der Waals surface area (Å²) in [6.07, 6.45) is -4.23. The molecule has 0 N–H and O–H groups in total. The van der Waals surface area contributed by atoms with Crippen LogP contribution in [0.25, 0.3) is 11.4 Å². The van der Waals surface area contributed by atoms with Crippen molar-refractivity contribution in [1.82, 2.24) is 15.0 Å². The summed E-state index contributed by atoms with van der Waals surface area (Å²) in [5.41, 5.74) is 0.580. The maximum Gasteiger partial charge on any atom is 0.416 e. The standard InChI is InChI=1S/C22H21F3N4O4S/c23-22(24,25)16-2-1-3-17(12-16)28-7-9-29(10-8-28)19(30)13-32-20(31)5-4-18-26-21(27-33-18)15-6-11-34-14-15/h1-3,6,11-12,14H,4-5,7-10,13H2. The van der Waals surface area contributed by atoms with Crippen LogP contribution in [0, 0.1) is 0 Å². The highest BCUT2D eigenvalue weighted by Gasteiger charge is 2.31. The number of esters is 1. The monoisotopic (exact) mass is 494 g/mol. The summed E-state index contributed by atoms with van der Waals surface area (Å²) in [6.45, 7) is 1.00. The number of piperazine rings is 1. The van der Waals surface area contributed by atoms with Crippen LogP contribution >= 0.6 is 11.3 Å². The maximum atomic E-state index is 12.9. The number of carbonyl (C=O) groups excluding carboxylic acids is 2. The van der Waals surface area contributed by atoms with E-state index in [1.807, 2.05) is 16.8 Å². The lowest BCUT2D eigenvalue weighted by Crippen LogP contribution is -2.50. The molecule has 34 heavy (non-hydrogen) atoms. The smallest absolute Gasteiger partial charge is 0.416 e. The Kier molecular flexibility index (Phi) is 7.15. The molecule has 2 aromatic heterocycles. The molecule has 180 valence electrons. The van der Waals surface area contributed by atoms with E-state index in [9.17, 15) is 22.8 Å². The summed E-state index contributed by atoms with van der Waals surface area (Å²) in [6, 6.07) is 6.97. The highest BCUT2D eigenvalue weighted by Crippen LogP contribution is 2.31. The molecule has 3 heterocycles. The van der Waals surface area contributed by atoms with E-state index in [1.54, 1.807) is 11.0 Å². The van der Waals surface area contributed by atoms with Gasteiger partial charge in [-0.15, -0.1) is 0 Å². The highest BCUT2D eigenvalue weighted by atomic mass is 32.1. The quantitative estimate of drug-likeness (QED) is 0.464. The van der Waals surface area contributed by atoms with Crippen LogP contribution in [0.1, 0.15) is 17.9 Å². The van der Waals surface area contributed by atoms with Crippen molar-refractivity contribution in [3.63, 3.8) is 0 Å². The number of anilines is 1. The summed E-state index contributed by atoms with van der Waals surface area (Å²) in [5, 5.41) is 7.64. The molecule has 4 rings (SSSR count). The van der Waals surface area contributed by atoms with Gasteiger partial charge in [-0.2, -0.15) is 29.5 Å². The van der Waals surface area contributed by atoms with Gasteiger partial charge in [0.1, 0.15) is 0 Å². The van der Waals surface area contributed by atoms with Crippen LogP contribution in [0.15, 0.2) is 45.6 Å². The van der Waals surface area contributed by atoms with Crippen LogP contribution in [0.2, 0.25) is 0 Å². The van der Waals surface area contributed by atoms with Gasteiger partial charge in [-0.1, -0.05) is 11.2 Å². The van der Waals surface area contributed by atoms with Gasteiger partial charge >= 0.3 is 12.1 Å². The number of rotatable bonds is 7. The fourth-order valence-electron chi connectivity index (χ4n) is 3.47. The Morgan fingerprint density at radius 1 is 1.15 bits per heavy atom. The molecule has 3 aromatic rings. The Labute approximate surface area is 196 Å². The SMILES string of the molecule is O=C(CCc1nc(-c2ccsc2)no1)OCC(=O)N1CCN(c2cccc(C(F)(F)F)c2)CC1. The first-order valence-corrected chi connectivity index (χ1v) is 11.4. The highest BCUT2D eigenvalue weighted by molar-refractivity contribution is 7.08. The number of carbonyl (C=O) groups is 2. The summed E-state index contributed by atoms with van der Waals surface area (Å²) in [4.78, 5) is 31.9. The molecule has 0 unspecified atom stereocenters. The minimum Gasteiger partial charge on any atom is -0.456 e. The lowest BCUT2D eigenvalue weighted by Gasteiger charge is -2.36. The van der Waals surface area contributed by atoms with Gasteiger partial charge in [0, 0.05) is 49.2 Å². The second kappa shape index (κ2) is 10.2. The molecule has 0 bridgehead atoms. The molecule has 8 nitrogen and oxygen atoms in total. The number of nitrogens with zero attached hydrogens (tertiary/aromatic N) is 4. The molecule has 0 radical (unpaired) electrons. The van der Waals surface area contributed by atoms with Crippen LogP contribution in [0.3, 0.4) is 0 Å². The molecule has 0 spiro atoms. The van der Waals surface area contributed by atoms with Crippen molar-refractivity contribution in [3.05, 3.63) is 52.5 Å². The third-order valence-electron chi connectivity index (χ3n) is 5.32. The average molecular weight is 494 g/mol. The summed E-state index contributed by atoms with van der Waals surface area (Å²) in [7, 11) is 0. The molecule has 1 aliphatic heterocycles. The van der Waals surface area contributed by atoms with Crippen LogP contribution in [0.4, 0.5) is 18.9 Å². The number of benzene rings is 1. The molecule has 1 saturated heterocycles. The number of ether oxygens (including phenoxy) is 1. The largest absolute Gasteiger partial charge is 0.456 e. The number of hydrogen-bond donors (Lipinski definition) is 0. The topological polar surface area (TPSA) is 88.8 Å². The fraction of sp³-hybridized carbons (Fsp3) is 0.364. The second-order valence-corrected chi connectivity index (χ2v) is 8.38. The van der Waals surface area contributed by atoms with Crippen LogP contribution in [-0.2, 0) is 26.9 Å². The zero-order valence-electron chi connectivity index (χ0n) is 18.0. The third kappa shape index (κ3) is 5.93. The maximum absolute atomic E-state index is 12.9. The summed E-state index contributed by atoms with van der Waals surface area (Å²) in [5.74, 6) is -0.167. The van der Waals surface area contributed by atoms with E-state index in [1.165, 1.54) is 22.3 Å². The number of aryl methyl sites for hydroxylation is 1. The van der Waals surface area contributed by atoms with Gasteiger partial charge in [0.05, 0.1) is 12.0 Å². The van der Waals surface area contributed by atoms with Crippen LogP contribution < -0.4 is 4.90 Å². The van der Waals surface area contributed by atoms with Gasteiger partial charge in [0.15, 0.2) is 6.61 Å². The number of thiophene rings is 1. The predicted molar refractivity (Wildman–Crippen MR) is 117 cm³/mol. The normalized spacial score (nSPS) is 14.3. The second-order valence-electron chi connectivity index (χ2n) is 7.60. The van der Waals surface area contributed by atoms with Crippen LogP contribution in [0.5, 0.6) is 0 Å². The molecular weight excluding hydrogens is 473 g/mol. The number of halogens is 3. The molecule has 12 heteroatoms. The molecule has 0 aliphatic carbocycles. The molecule has 1 amide bonds. The van der Waals surface area contributed by atoms with Gasteiger partial charge in [-0.05, 0) is 29.6 Å². The lowest BCUT2D eigenvalue weighted by molar-refractivity contribution is -0.152. The Bertz CT molecular complexity index is 1130. The van der Waals surface area contributed by atoms with E-state index >= 15 is 0 Å². The number of hydrogen-bond acceptors (Lipinski definition) is 8. The van der Waals surface area contributed by atoms with Gasteiger partial charge in [0.25, 0.3) is 5.91 Å². The van der Waals surface area contributed by atoms with Gasteiger partial charge in [0.2, 0.25) is 11.7 Å². The van der Waals surface area contributed by atoms with Crippen molar-refractivity contribution in [2.24, 2.45) is 0 Å². The molecule has 0 saturated carbocycles. The van der Waals surface area contributed by atoms with E-state index < -0.39 is 24.3 Å². The molecule has 1 aromatic carbocycles. The predicted octanol–water partition coefficient (Wildman–Crippen LogP) is 3.64. The van der Waals surface area contributed by atoms with E-state index in [-0.39, 0.29) is 18.7 Å². The van der Waals surface area contributed by atoms with E-state index in [2.05, 4.69) is 10.1 Å². The number of aromatic nitrogens is 2. The minimum absolute atomic E-state index is 0.0120. The van der Waals surface area contributed by atoms with Crippen molar-refractivity contribution in [3.8, 4) is 11.4 Å². The van der Waals surface area contributed by atoms with Crippen molar-refractivity contribution >= 4 is 28.9 Å². The zero-order chi connectivity index (χ0) is 24.1.